The number of hydrogen-bond acceptors (Lipinski definition) is 4. The first-order valence-electron chi connectivity index (χ1n) is 9.38. The van der Waals surface area contributed by atoms with Crippen LogP contribution < -0.4 is 4.74 Å². The van der Waals surface area contributed by atoms with Crippen molar-refractivity contribution < 1.29 is 4.74 Å². The molecule has 0 spiro atoms. The molecule has 0 N–H and O–H groups in total. The summed E-state index contributed by atoms with van der Waals surface area (Å²) < 4.78 is 7.86. The molecule has 144 valence electrons. The lowest BCUT2D eigenvalue weighted by Gasteiger charge is -2.19. The number of pyridine rings is 1. The van der Waals surface area contributed by atoms with Crippen molar-refractivity contribution in [2.45, 2.75) is 13.0 Å². The van der Waals surface area contributed by atoms with Crippen LogP contribution in [0.25, 0.3) is 33.2 Å². The van der Waals surface area contributed by atoms with Gasteiger partial charge in [0.25, 0.3) is 0 Å². The highest BCUT2D eigenvalue weighted by Gasteiger charge is 2.16. The van der Waals surface area contributed by atoms with E-state index >= 15 is 0 Å². The summed E-state index contributed by atoms with van der Waals surface area (Å²) in [7, 11) is 5.94. The molecule has 0 fully saturated rings. The van der Waals surface area contributed by atoms with E-state index in [1.807, 2.05) is 18.5 Å². The number of hydrogen-bond donors (Lipinski definition) is 0. The molecule has 1 aromatic carbocycles. The van der Waals surface area contributed by atoms with Crippen molar-refractivity contribution in [2.24, 2.45) is 0 Å². The quantitative estimate of drug-likeness (QED) is 0.431. The zero-order valence-electron chi connectivity index (χ0n) is 16.7. The molecule has 1 atom stereocenters. The maximum Gasteiger partial charge on any atom is 0.119 e. The van der Waals surface area contributed by atoms with Gasteiger partial charge in [-0.15, -0.1) is 0 Å². The fraction of sp³-hybridized carbons (Fsp3) is 0.261. The first kappa shape index (κ1) is 18.7. The largest absolute Gasteiger partial charge is 0.497 e. The highest BCUT2D eigenvalue weighted by Crippen LogP contribution is 2.36. The number of methoxy groups -OCH3 is 1. The Morgan fingerprint density at radius 2 is 1.93 bits per heavy atom. The number of fused-ring (bicyclic) bond motifs is 1. The fourth-order valence-electron chi connectivity index (χ4n) is 3.75. The average Bonchev–Trinajstić information content (AvgIpc) is 3.35. The lowest BCUT2D eigenvalue weighted by Crippen LogP contribution is -2.21. The monoisotopic (exact) mass is 391 g/mol. The van der Waals surface area contributed by atoms with Crippen molar-refractivity contribution in [3.05, 3.63) is 59.7 Å². The molecule has 28 heavy (non-hydrogen) atoms. The molecular formula is C23H25N3OS. The van der Waals surface area contributed by atoms with E-state index in [4.69, 9.17) is 4.74 Å². The number of rotatable bonds is 6. The van der Waals surface area contributed by atoms with Gasteiger partial charge in [0.1, 0.15) is 5.75 Å². The summed E-state index contributed by atoms with van der Waals surface area (Å²) in [5.41, 5.74) is 5.87. The van der Waals surface area contributed by atoms with E-state index in [1.165, 1.54) is 22.0 Å². The number of nitrogens with zero attached hydrogens (tertiary/aromatic N) is 3. The topological polar surface area (TPSA) is 30.3 Å². The van der Waals surface area contributed by atoms with E-state index in [-0.39, 0.29) is 0 Å². The number of benzene rings is 1. The molecule has 0 aliphatic rings. The highest BCUT2D eigenvalue weighted by atomic mass is 32.1. The maximum atomic E-state index is 5.50. The summed E-state index contributed by atoms with van der Waals surface area (Å²) in [6.07, 6.45) is 6.14. The van der Waals surface area contributed by atoms with Gasteiger partial charge in [-0.1, -0.05) is 0 Å². The summed E-state index contributed by atoms with van der Waals surface area (Å²) >= 11 is 1.70. The van der Waals surface area contributed by atoms with E-state index in [0.29, 0.717) is 6.04 Å². The van der Waals surface area contributed by atoms with Crippen LogP contribution in [0.3, 0.4) is 0 Å². The van der Waals surface area contributed by atoms with Crippen LogP contribution in [0, 0.1) is 0 Å². The number of aromatic nitrogens is 2. The Labute approximate surface area is 170 Å². The van der Waals surface area contributed by atoms with Gasteiger partial charge in [-0.25, -0.2) is 0 Å². The second-order valence-corrected chi connectivity index (χ2v) is 8.20. The van der Waals surface area contributed by atoms with Crippen molar-refractivity contribution >= 4 is 22.2 Å². The zero-order valence-corrected chi connectivity index (χ0v) is 17.5. The number of likely N-dealkylation sites (N-methyl/N-ethyl adjacent to an activating group) is 1. The molecule has 0 saturated heterocycles. The molecule has 0 bridgehead atoms. The van der Waals surface area contributed by atoms with Crippen molar-refractivity contribution in [1.82, 2.24) is 14.5 Å². The van der Waals surface area contributed by atoms with Gasteiger partial charge in [-0.05, 0) is 67.7 Å². The lowest BCUT2D eigenvalue weighted by atomic mass is 10.0. The molecule has 4 rings (SSSR count). The van der Waals surface area contributed by atoms with E-state index in [0.717, 1.165) is 23.4 Å². The molecule has 3 heterocycles. The summed E-state index contributed by atoms with van der Waals surface area (Å²) in [4.78, 5) is 6.75. The highest BCUT2D eigenvalue weighted by molar-refractivity contribution is 7.08. The Morgan fingerprint density at radius 1 is 1.11 bits per heavy atom. The van der Waals surface area contributed by atoms with Gasteiger partial charge in [-0.3, -0.25) is 4.98 Å². The van der Waals surface area contributed by atoms with Crippen LogP contribution in [0.1, 0.15) is 13.0 Å². The van der Waals surface area contributed by atoms with Crippen LogP contribution in [0.2, 0.25) is 0 Å². The summed E-state index contributed by atoms with van der Waals surface area (Å²) in [5.74, 6) is 0.869. The number of thiophene rings is 1. The van der Waals surface area contributed by atoms with Crippen LogP contribution in [0.5, 0.6) is 5.75 Å². The minimum atomic E-state index is 0.354. The van der Waals surface area contributed by atoms with E-state index in [2.05, 4.69) is 76.7 Å². The van der Waals surface area contributed by atoms with Gasteiger partial charge in [0.2, 0.25) is 0 Å². The van der Waals surface area contributed by atoms with Crippen LogP contribution in [-0.2, 0) is 0 Å². The van der Waals surface area contributed by atoms with E-state index < -0.39 is 0 Å². The standard InChI is InChI=1S/C23H25N3OS/c1-16(13-25(2)3)26-14-22(21-10-20(27-4)5-6-23(21)26)19-9-18(11-24-12-19)17-7-8-28-15-17/h5-12,14-16H,13H2,1-4H3. The Balaban J connectivity index is 1.87. The molecule has 3 aromatic heterocycles. The third-order valence-electron chi connectivity index (χ3n) is 5.05. The second kappa shape index (κ2) is 7.78. The Morgan fingerprint density at radius 3 is 2.64 bits per heavy atom. The van der Waals surface area contributed by atoms with Crippen LogP contribution >= 0.6 is 11.3 Å². The van der Waals surface area contributed by atoms with Gasteiger partial charge in [0, 0.05) is 58.8 Å². The third kappa shape index (κ3) is 3.55. The Kier molecular flexibility index (Phi) is 5.20. The van der Waals surface area contributed by atoms with Crippen molar-refractivity contribution in [3.63, 3.8) is 0 Å². The van der Waals surface area contributed by atoms with Crippen LogP contribution in [0.4, 0.5) is 0 Å². The Hall–Kier alpha value is -2.63. The number of ether oxygens (including phenoxy) is 1. The third-order valence-corrected chi connectivity index (χ3v) is 5.73. The van der Waals surface area contributed by atoms with Gasteiger partial charge >= 0.3 is 0 Å². The molecule has 0 amide bonds. The Bertz CT molecular complexity index is 1080. The van der Waals surface area contributed by atoms with Crippen LogP contribution in [0.15, 0.2) is 59.7 Å². The van der Waals surface area contributed by atoms with Gasteiger partial charge in [0.15, 0.2) is 0 Å². The fourth-order valence-corrected chi connectivity index (χ4v) is 4.41. The average molecular weight is 392 g/mol. The minimum absolute atomic E-state index is 0.354. The molecule has 0 radical (unpaired) electrons. The molecule has 5 heteroatoms. The van der Waals surface area contributed by atoms with Gasteiger partial charge < -0.3 is 14.2 Å². The predicted molar refractivity (Wildman–Crippen MR) is 118 cm³/mol. The van der Waals surface area contributed by atoms with Crippen molar-refractivity contribution in [1.29, 1.82) is 0 Å². The molecule has 4 aromatic rings. The normalized spacial score (nSPS) is 12.6. The molecule has 0 aliphatic carbocycles. The first-order valence-corrected chi connectivity index (χ1v) is 10.3. The summed E-state index contributed by atoms with van der Waals surface area (Å²) in [5, 5.41) is 5.45. The molecular weight excluding hydrogens is 366 g/mol. The van der Waals surface area contributed by atoms with Gasteiger partial charge in [-0.2, -0.15) is 11.3 Å². The molecule has 4 nitrogen and oxygen atoms in total. The second-order valence-electron chi connectivity index (χ2n) is 7.42. The lowest BCUT2D eigenvalue weighted by molar-refractivity contribution is 0.341. The van der Waals surface area contributed by atoms with Crippen molar-refractivity contribution in [2.75, 3.05) is 27.7 Å². The van der Waals surface area contributed by atoms with Crippen molar-refractivity contribution in [3.8, 4) is 28.0 Å². The summed E-state index contributed by atoms with van der Waals surface area (Å²) in [6.45, 7) is 3.23. The van der Waals surface area contributed by atoms with Gasteiger partial charge in [0.05, 0.1) is 7.11 Å². The van der Waals surface area contributed by atoms with E-state index in [1.54, 1.807) is 18.4 Å². The first-order chi connectivity index (χ1) is 13.6. The summed E-state index contributed by atoms with van der Waals surface area (Å²) in [6, 6.07) is 11.0. The minimum Gasteiger partial charge on any atom is -0.497 e. The zero-order chi connectivity index (χ0) is 19.7. The van der Waals surface area contributed by atoms with E-state index in [9.17, 15) is 0 Å². The smallest absolute Gasteiger partial charge is 0.119 e. The molecule has 0 saturated carbocycles. The van der Waals surface area contributed by atoms with Crippen LogP contribution in [-0.4, -0.2) is 42.2 Å². The molecule has 0 aliphatic heterocycles. The maximum absolute atomic E-state index is 5.50. The molecule has 1 unspecified atom stereocenters. The predicted octanol–water partition coefficient (Wildman–Crippen LogP) is 5.56. The SMILES string of the molecule is COc1ccc2c(c1)c(-c1cncc(-c3ccsc3)c1)cn2C(C)CN(C)C.